The van der Waals surface area contributed by atoms with E-state index in [1.54, 1.807) is 11.6 Å². The summed E-state index contributed by atoms with van der Waals surface area (Å²) in [4.78, 5) is 15.9. The van der Waals surface area contributed by atoms with Crippen LogP contribution in [0.3, 0.4) is 0 Å². The number of nitrogens with zero attached hydrogens (tertiary/aromatic N) is 1. The molecule has 0 unspecified atom stereocenters. The van der Waals surface area contributed by atoms with Gasteiger partial charge in [-0.25, -0.2) is 31.3 Å². The first-order chi connectivity index (χ1) is 14.9. The number of ether oxygens (including phenoxy) is 1. The van der Waals surface area contributed by atoms with Gasteiger partial charge in [0.1, 0.15) is 10.8 Å². The maximum absolute atomic E-state index is 14.5. The first kappa shape index (κ1) is 23.5. The molecule has 0 saturated heterocycles. The molecule has 12 heteroatoms. The quantitative estimate of drug-likeness (QED) is 0.414. The molecule has 0 aliphatic carbocycles. The molecule has 0 aliphatic rings. The van der Waals surface area contributed by atoms with Gasteiger partial charge in [-0.1, -0.05) is 11.6 Å². The normalized spacial score (nSPS) is 11.3. The molecule has 1 heterocycles. The van der Waals surface area contributed by atoms with Gasteiger partial charge in [-0.2, -0.15) is 4.39 Å². The highest BCUT2D eigenvalue weighted by Crippen LogP contribution is 2.34. The Morgan fingerprint density at radius 2 is 1.75 bits per heavy atom. The molecule has 1 N–H and O–H groups in total. The lowest BCUT2D eigenvalue weighted by Crippen LogP contribution is -2.30. The van der Waals surface area contributed by atoms with Crippen LogP contribution in [0.2, 0.25) is 5.02 Å². The number of carbonyl (C=O) groups is 1. The fourth-order valence-electron chi connectivity index (χ4n) is 2.73. The summed E-state index contributed by atoms with van der Waals surface area (Å²) in [5, 5.41) is -0.148. The Labute approximate surface area is 184 Å². The predicted octanol–water partition coefficient (Wildman–Crippen LogP) is 4.75. The third-order valence-electron chi connectivity index (χ3n) is 4.16. The Kier molecular flexibility index (Phi) is 6.42. The van der Waals surface area contributed by atoms with Crippen LogP contribution in [-0.2, 0) is 10.0 Å². The van der Waals surface area contributed by atoms with Crippen molar-refractivity contribution in [3.8, 4) is 22.8 Å². The van der Waals surface area contributed by atoms with E-state index in [-0.39, 0.29) is 16.5 Å². The maximum atomic E-state index is 14.5. The average molecular weight is 489 g/mol. The maximum Gasteiger partial charge on any atom is 0.267 e. The van der Waals surface area contributed by atoms with E-state index in [0.29, 0.717) is 17.2 Å². The summed E-state index contributed by atoms with van der Waals surface area (Å²) < 4.78 is 83.9. The van der Waals surface area contributed by atoms with Crippen molar-refractivity contribution in [1.29, 1.82) is 0 Å². The summed E-state index contributed by atoms with van der Waals surface area (Å²) in [7, 11) is -3.89. The van der Waals surface area contributed by atoms with Crippen LogP contribution in [0, 0.1) is 30.2 Å². The largest absolute Gasteiger partial charge is 0.434 e. The molecular weight excluding hydrogens is 476 g/mol. The lowest BCUT2D eigenvalue weighted by atomic mass is 9.99. The molecule has 0 aliphatic heterocycles. The summed E-state index contributed by atoms with van der Waals surface area (Å²) in [6.45, 7) is 1.54. The summed E-state index contributed by atoms with van der Waals surface area (Å²) in [5.74, 6) is -7.76. The van der Waals surface area contributed by atoms with Crippen LogP contribution >= 0.6 is 11.6 Å². The van der Waals surface area contributed by atoms with Crippen molar-refractivity contribution in [2.45, 2.75) is 6.92 Å². The number of amides is 1. The number of aryl methyl sites for hydroxylation is 1. The van der Waals surface area contributed by atoms with Crippen molar-refractivity contribution >= 4 is 27.5 Å². The first-order valence-electron chi connectivity index (χ1n) is 8.67. The predicted molar refractivity (Wildman–Crippen MR) is 108 cm³/mol. The number of nitrogens with one attached hydrogen (secondary N) is 1. The van der Waals surface area contributed by atoms with Crippen molar-refractivity contribution in [2.75, 3.05) is 6.26 Å². The molecule has 6 nitrogen and oxygen atoms in total. The topological polar surface area (TPSA) is 85.4 Å². The van der Waals surface area contributed by atoms with Gasteiger partial charge in [0.15, 0.2) is 17.4 Å². The lowest BCUT2D eigenvalue weighted by Gasteiger charge is -2.12. The Balaban J connectivity index is 1.93. The Morgan fingerprint density at radius 1 is 1.06 bits per heavy atom. The van der Waals surface area contributed by atoms with Gasteiger partial charge in [0, 0.05) is 11.8 Å². The van der Waals surface area contributed by atoms with Crippen LogP contribution in [0.25, 0.3) is 11.1 Å². The molecule has 3 rings (SSSR count). The number of benzene rings is 2. The molecular formula is C20H13ClF4N2O4S. The number of rotatable bonds is 5. The molecule has 0 radical (unpaired) electrons. The molecule has 3 aromatic rings. The highest BCUT2D eigenvalue weighted by atomic mass is 35.5. The molecule has 32 heavy (non-hydrogen) atoms. The summed E-state index contributed by atoms with van der Waals surface area (Å²) >= 11 is 6.10. The van der Waals surface area contributed by atoms with Gasteiger partial charge in [0.2, 0.25) is 21.7 Å². The number of aromatic nitrogens is 1. The molecule has 0 fully saturated rings. The molecule has 1 aromatic heterocycles. The highest BCUT2D eigenvalue weighted by molar-refractivity contribution is 7.89. The van der Waals surface area contributed by atoms with Crippen LogP contribution in [0.5, 0.6) is 11.6 Å². The fraction of sp³-hybridized carbons (Fsp3) is 0.100. The van der Waals surface area contributed by atoms with Gasteiger partial charge in [-0.3, -0.25) is 4.79 Å². The zero-order chi connectivity index (χ0) is 23.8. The van der Waals surface area contributed by atoms with Gasteiger partial charge in [0.05, 0.1) is 11.8 Å². The van der Waals surface area contributed by atoms with Gasteiger partial charge in [-0.05, 0) is 48.4 Å². The van der Waals surface area contributed by atoms with Crippen LogP contribution in [0.1, 0.15) is 15.9 Å². The second-order valence-corrected chi connectivity index (χ2v) is 8.79. The Bertz CT molecular complexity index is 1350. The minimum atomic E-state index is -3.89. The van der Waals surface area contributed by atoms with E-state index < -0.39 is 50.5 Å². The average Bonchev–Trinajstić information content (AvgIpc) is 2.69. The van der Waals surface area contributed by atoms with E-state index in [2.05, 4.69) is 4.98 Å². The van der Waals surface area contributed by atoms with Crippen LogP contribution < -0.4 is 9.46 Å². The third-order valence-corrected chi connectivity index (χ3v) is 4.99. The van der Waals surface area contributed by atoms with Crippen molar-refractivity contribution in [1.82, 2.24) is 9.71 Å². The van der Waals surface area contributed by atoms with Crippen molar-refractivity contribution in [3.63, 3.8) is 0 Å². The van der Waals surface area contributed by atoms with Crippen LogP contribution in [0.4, 0.5) is 17.6 Å². The SMILES string of the molecule is Cc1cc(C(=O)NS(C)(=O)=O)c(F)cc1-c1cnc(Oc2ccc(F)c(F)c2F)c(Cl)c1. The van der Waals surface area contributed by atoms with Gasteiger partial charge < -0.3 is 4.74 Å². The number of hydrogen-bond acceptors (Lipinski definition) is 5. The van der Waals surface area contributed by atoms with E-state index >= 15 is 0 Å². The van der Waals surface area contributed by atoms with E-state index in [9.17, 15) is 30.8 Å². The second-order valence-electron chi connectivity index (χ2n) is 6.64. The Morgan fingerprint density at radius 3 is 2.38 bits per heavy atom. The Hall–Kier alpha value is -3.18. The minimum Gasteiger partial charge on any atom is -0.434 e. The third kappa shape index (κ3) is 5.00. The molecule has 1 amide bonds. The van der Waals surface area contributed by atoms with E-state index in [1.165, 1.54) is 12.3 Å². The fourth-order valence-corrected chi connectivity index (χ4v) is 3.38. The molecule has 0 spiro atoms. The van der Waals surface area contributed by atoms with Crippen molar-refractivity contribution < 1.29 is 35.5 Å². The second kappa shape index (κ2) is 8.75. The zero-order valence-corrected chi connectivity index (χ0v) is 17.9. The number of halogens is 5. The van der Waals surface area contributed by atoms with E-state index in [1.807, 2.05) is 0 Å². The molecule has 168 valence electrons. The van der Waals surface area contributed by atoms with Gasteiger partial charge in [0.25, 0.3) is 5.91 Å². The number of hydrogen-bond donors (Lipinski definition) is 1. The van der Waals surface area contributed by atoms with Crippen LogP contribution in [-0.4, -0.2) is 25.6 Å². The van der Waals surface area contributed by atoms with Crippen molar-refractivity contribution in [3.05, 3.63) is 75.9 Å². The number of sulfonamides is 1. The zero-order valence-electron chi connectivity index (χ0n) is 16.3. The van der Waals surface area contributed by atoms with Gasteiger partial charge >= 0.3 is 0 Å². The van der Waals surface area contributed by atoms with E-state index in [4.69, 9.17) is 16.3 Å². The molecule has 2 aromatic carbocycles. The molecule has 0 atom stereocenters. The number of carbonyl (C=O) groups excluding carboxylic acids is 1. The first-order valence-corrected chi connectivity index (χ1v) is 10.9. The van der Waals surface area contributed by atoms with E-state index in [0.717, 1.165) is 24.5 Å². The lowest BCUT2D eigenvalue weighted by molar-refractivity contribution is 0.0977. The smallest absolute Gasteiger partial charge is 0.267 e. The summed E-state index contributed by atoms with van der Waals surface area (Å²) in [5.41, 5.74) is 0.477. The van der Waals surface area contributed by atoms with Crippen LogP contribution in [0.15, 0.2) is 36.5 Å². The van der Waals surface area contributed by atoms with Gasteiger partial charge in [-0.15, -0.1) is 0 Å². The monoisotopic (exact) mass is 488 g/mol. The number of pyridine rings is 1. The molecule has 0 bridgehead atoms. The highest BCUT2D eigenvalue weighted by Gasteiger charge is 2.20. The minimum absolute atomic E-state index is 0.148. The molecule has 0 saturated carbocycles. The summed E-state index contributed by atoms with van der Waals surface area (Å²) in [6.07, 6.45) is 1.96. The standard InChI is InChI=1S/C20H13ClF4N2O4S/c1-9-5-12(19(28)27-32(2,29)30)15(23)7-11(9)10-6-13(21)20(26-8-10)31-16-4-3-14(22)17(24)18(16)25/h3-8H,1-2H3,(H,27,28). The summed E-state index contributed by atoms with van der Waals surface area (Å²) in [6, 6.07) is 4.98. The van der Waals surface area contributed by atoms with Crippen molar-refractivity contribution in [2.24, 2.45) is 0 Å².